The SMILES string of the molecule is Cc1cc(S(=O)(=O)Nc2c(F)cccc2Cl)ccc1N. The first-order valence-corrected chi connectivity index (χ1v) is 7.50. The van der Waals surface area contributed by atoms with Gasteiger partial charge in [-0.25, -0.2) is 12.8 Å². The van der Waals surface area contributed by atoms with E-state index in [0.717, 1.165) is 6.07 Å². The number of aryl methyl sites for hydroxylation is 1. The van der Waals surface area contributed by atoms with Gasteiger partial charge in [0.25, 0.3) is 10.0 Å². The van der Waals surface area contributed by atoms with Crippen LogP contribution in [0.2, 0.25) is 5.02 Å². The molecular weight excluding hydrogens is 303 g/mol. The van der Waals surface area contributed by atoms with Crippen LogP contribution < -0.4 is 10.5 Å². The van der Waals surface area contributed by atoms with Crippen molar-refractivity contribution >= 4 is 33.0 Å². The van der Waals surface area contributed by atoms with Crippen molar-refractivity contribution in [1.29, 1.82) is 0 Å². The smallest absolute Gasteiger partial charge is 0.262 e. The molecule has 0 bridgehead atoms. The molecule has 0 radical (unpaired) electrons. The van der Waals surface area contributed by atoms with Crippen molar-refractivity contribution in [2.45, 2.75) is 11.8 Å². The summed E-state index contributed by atoms with van der Waals surface area (Å²) in [6, 6.07) is 8.15. The maximum Gasteiger partial charge on any atom is 0.262 e. The van der Waals surface area contributed by atoms with Crippen molar-refractivity contribution in [2.24, 2.45) is 0 Å². The molecule has 20 heavy (non-hydrogen) atoms. The number of rotatable bonds is 3. The van der Waals surface area contributed by atoms with Gasteiger partial charge in [0.2, 0.25) is 0 Å². The summed E-state index contributed by atoms with van der Waals surface area (Å²) in [4.78, 5) is -0.0106. The van der Waals surface area contributed by atoms with Gasteiger partial charge in [-0.05, 0) is 42.8 Å². The molecule has 2 aromatic rings. The van der Waals surface area contributed by atoms with Crippen LogP contribution in [0, 0.1) is 12.7 Å². The largest absolute Gasteiger partial charge is 0.399 e. The molecule has 4 nitrogen and oxygen atoms in total. The monoisotopic (exact) mass is 314 g/mol. The predicted molar refractivity (Wildman–Crippen MR) is 77.8 cm³/mol. The van der Waals surface area contributed by atoms with E-state index in [4.69, 9.17) is 17.3 Å². The van der Waals surface area contributed by atoms with Crippen LogP contribution >= 0.6 is 11.6 Å². The van der Waals surface area contributed by atoms with Crippen molar-refractivity contribution in [3.8, 4) is 0 Å². The first kappa shape index (κ1) is 14.6. The molecule has 0 fully saturated rings. The Balaban J connectivity index is 2.43. The summed E-state index contributed by atoms with van der Waals surface area (Å²) in [7, 11) is -3.93. The second-order valence-corrected chi connectivity index (χ2v) is 6.31. The Morgan fingerprint density at radius 1 is 1.25 bits per heavy atom. The Labute approximate surface area is 121 Å². The third-order valence-corrected chi connectivity index (χ3v) is 4.41. The molecule has 0 aliphatic rings. The second kappa shape index (κ2) is 5.30. The maximum atomic E-state index is 13.6. The Kier molecular flexibility index (Phi) is 3.87. The molecule has 0 unspecified atom stereocenters. The number of anilines is 2. The third kappa shape index (κ3) is 2.86. The minimum absolute atomic E-state index is 0.0106. The number of halogens is 2. The Bertz CT molecular complexity index is 743. The van der Waals surface area contributed by atoms with E-state index in [2.05, 4.69) is 4.72 Å². The molecule has 0 amide bonds. The van der Waals surface area contributed by atoms with Crippen molar-refractivity contribution in [3.63, 3.8) is 0 Å². The molecule has 0 aliphatic carbocycles. The van der Waals surface area contributed by atoms with Gasteiger partial charge < -0.3 is 5.73 Å². The van der Waals surface area contributed by atoms with Gasteiger partial charge in [-0.3, -0.25) is 4.72 Å². The third-order valence-electron chi connectivity index (χ3n) is 2.75. The molecule has 0 aromatic heterocycles. The standard InChI is InChI=1S/C13H12ClFN2O2S/c1-8-7-9(5-6-12(8)16)20(18,19)17-13-10(14)3-2-4-11(13)15/h2-7,17H,16H2,1H3. The van der Waals surface area contributed by atoms with Crippen LogP contribution in [0.5, 0.6) is 0 Å². The number of sulfonamides is 1. The number of hydrogen-bond donors (Lipinski definition) is 2. The molecule has 0 aliphatic heterocycles. The van der Waals surface area contributed by atoms with E-state index in [1.165, 1.54) is 30.3 Å². The first-order valence-electron chi connectivity index (χ1n) is 5.64. The molecule has 2 rings (SSSR count). The molecule has 0 saturated heterocycles. The minimum atomic E-state index is -3.93. The number of hydrogen-bond acceptors (Lipinski definition) is 3. The van der Waals surface area contributed by atoms with Crippen LogP contribution in [0.25, 0.3) is 0 Å². The quantitative estimate of drug-likeness (QED) is 0.855. The fraction of sp³-hybridized carbons (Fsp3) is 0.0769. The molecule has 3 N–H and O–H groups in total. The van der Waals surface area contributed by atoms with E-state index in [1.54, 1.807) is 6.92 Å². The van der Waals surface area contributed by atoms with Crippen LogP contribution in [-0.4, -0.2) is 8.42 Å². The van der Waals surface area contributed by atoms with Gasteiger partial charge in [0.1, 0.15) is 11.5 Å². The number of nitrogens with two attached hydrogens (primary N) is 1. The normalized spacial score (nSPS) is 11.3. The van der Waals surface area contributed by atoms with E-state index in [1.807, 2.05) is 0 Å². The van der Waals surface area contributed by atoms with Gasteiger partial charge >= 0.3 is 0 Å². The van der Waals surface area contributed by atoms with Crippen molar-refractivity contribution in [3.05, 3.63) is 52.8 Å². The van der Waals surface area contributed by atoms with E-state index in [-0.39, 0.29) is 15.6 Å². The molecule has 0 atom stereocenters. The van der Waals surface area contributed by atoms with E-state index >= 15 is 0 Å². The molecule has 0 heterocycles. The molecule has 106 valence electrons. The first-order chi connectivity index (χ1) is 9.31. The summed E-state index contributed by atoms with van der Waals surface area (Å²) in [5, 5.41) is -0.0132. The lowest BCUT2D eigenvalue weighted by Crippen LogP contribution is -2.14. The van der Waals surface area contributed by atoms with Gasteiger partial charge in [-0.2, -0.15) is 0 Å². The summed E-state index contributed by atoms with van der Waals surface area (Å²) >= 11 is 5.79. The summed E-state index contributed by atoms with van der Waals surface area (Å²) < 4.78 is 40.1. The lowest BCUT2D eigenvalue weighted by molar-refractivity contribution is 0.598. The average molecular weight is 315 g/mol. The fourth-order valence-electron chi connectivity index (χ4n) is 1.60. The van der Waals surface area contributed by atoms with Crippen LogP contribution in [0.1, 0.15) is 5.56 Å². The maximum absolute atomic E-state index is 13.6. The minimum Gasteiger partial charge on any atom is -0.399 e. The summed E-state index contributed by atoms with van der Waals surface area (Å²) in [5.74, 6) is -0.742. The number of nitrogen functional groups attached to an aromatic ring is 1. The average Bonchev–Trinajstić information content (AvgIpc) is 2.37. The second-order valence-electron chi connectivity index (χ2n) is 4.22. The van der Waals surface area contributed by atoms with Crippen LogP contribution in [0.15, 0.2) is 41.3 Å². The van der Waals surface area contributed by atoms with Gasteiger partial charge in [-0.15, -0.1) is 0 Å². The lowest BCUT2D eigenvalue weighted by Gasteiger charge is -2.11. The molecule has 2 aromatic carbocycles. The number of para-hydroxylation sites is 1. The zero-order valence-corrected chi connectivity index (χ0v) is 12.1. The fourth-order valence-corrected chi connectivity index (χ4v) is 3.04. The summed E-state index contributed by atoms with van der Waals surface area (Å²) in [5.41, 5.74) is 6.46. The van der Waals surface area contributed by atoms with Crippen LogP contribution in [0.4, 0.5) is 15.8 Å². The Morgan fingerprint density at radius 2 is 1.95 bits per heavy atom. The van der Waals surface area contributed by atoms with Crippen LogP contribution in [0.3, 0.4) is 0 Å². The highest BCUT2D eigenvalue weighted by Crippen LogP contribution is 2.28. The predicted octanol–water partition coefficient (Wildman–Crippen LogP) is 3.17. The summed E-state index contributed by atoms with van der Waals surface area (Å²) in [6.07, 6.45) is 0. The van der Waals surface area contributed by atoms with Gasteiger partial charge in [0.05, 0.1) is 9.92 Å². The molecule has 0 spiro atoms. The summed E-state index contributed by atoms with van der Waals surface area (Å²) in [6.45, 7) is 1.68. The van der Waals surface area contributed by atoms with Crippen molar-refractivity contribution < 1.29 is 12.8 Å². The highest BCUT2D eigenvalue weighted by Gasteiger charge is 2.18. The molecule has 7 heteroatoms. The van der Waals surface area contributed by atoms with Crippen LogP contribution in [-0.2, 0) is 10.0 Å². The molecule has 0 saturated carbocycles. The van der Waals surface area contributed by atoms with E-state index in [0.29, 0.717) is 11.3 Å². The van der Waals surface area contributed by atoms with E-state index in [9.17, 15) is 12.8 Å². The van der Waals surface area contributed by atoms with E-state index < -0.39 is 15.8 Å². The number of benzene rings is 2. The molecular formula is C13H12ClFN2O2S. The van der Waals surface area contributed by atoms with Crippen molar-refractivity contribution in [1.82, 2.24) is 0 Å². The van der Waals surface area contributed by atoms with Crippen molar-refractivity contribution in [2.75, 3.05) is 10.5 Å². The Hall–Kier alpha value is -1.79. The lowest BCUT2D eigenvalue weighted by atomic mass is 10.2. The zero-order chi connectivity index (χ0) is 14.9. The highest BCUT2D eigenvalue weighted by molar-refractivity contribution is 7.92. The van der Waals surface area contributed by atoms with Gasteiger partial charge in [-0.1, -0.05) is 17.7 Å². The van der Waals surface area contributed by atoms with Gasteiger partial charge in [0, 0.05) is 5.69 Å². The highest BCUT2D eigenvalue weighted by atomic mass is 35.5. The number of nitrogens with one attached hydrogen (secondary N) is 1. The Morgan fingerprint density at radius 3 is 2.55 bits per heavy atom. The topological polar surface area (TPSA) is 72.2 Å². The zero-order valence-electron chi connectivity index (χ0n) is 10.5. The van der Waals surface area contributed by atoms with Gasteiger partial charge in [0.15, 0.2) is 0 Å².